The van der Waals surface area contributed by atoms with Crippen molar-refractivity contribution in [3.8, 4) is 0 Å². The number of furan rings is 1. The minimum Gasteiger partial charge on any atom is -0.452 e. The Hall–Kier alpha value is -1.13. The van der Waals surface area contributed by atoms with Crippen molar-refractivity contribution in [2.45, 2.75) is 6.92 Å². The molecule has 2 rings (SSSR count). The van der Waals surface area contributed by atoms with Gasteiger partial charge in [-0.15, -0.1) is 0 Å². The smallest absolute Gasteiger partial charge is 0.223 e. The molecule has 3 nitrogen and oxygen atoms in total. The van der Waals surface area contributed by atoms with Crippen LogP contribution in [0.15, 0.2) is 33.2 Å². The molecule has 0 saturated carbocycles. The Morgan fingerprint density at radius 3 is 3.00 bits per heavy atom. The molecule has 0 aliphatic rings. The summed E-state index contributed by atoms with van der Waals surface area (Å²) in [5, 5.41) is 0.911. The molecule has 0 aliphatic carbocycles. The summed E-state index contributed by atoms with van der Waals surface area (Å²) in [5.74, 6) is 0.209. The Kier molecular flexibility index (Phi) is 3.41. The summed E-state index contributed by atoms with van der Waals surface area (Å²) in [4.78, 5) is 11.7. The Morgan fingerprint density at radius 2 is 2.31 bits per heavy atom. The Balaban J connectivity index is 2.32. The van der Waals surface area contributed by atoms with Crippen LogP contribution in [0, 0.1) is 0 Å². The minimum absolute atomic E-state index is 0.0634. The fourth-order valence-electron chi connectivity index (χ4n) is 1.43. The molecular formula is C12H11BrO3. The van der Waals surface area contributed by atoms with Gasteiger partial charge in [-0.25, -0.2) is 0 Å². The quantitative estimate of drug-likeness (QED) is 0.807. The van der Waals surface area contributed by atoms with Crippen molar-refractivity contribution in [2.24, 2.45) is 0 Å². The third-order valence-corrected chi connectivity index (χ3v) is 2.83. The highest BCUT2D eigenvalue weighted by Crippen LogP contribution is 2.27. The number of fused-ring (bicyclic) bond motifs is 1. The van der Waals surface area contributed by atoms with Crippen LogP contribution in [0.2, 0.25) is 0 Å². The zero-order valence-corrected chi connectivity index (χ0v) is 10.4. The van der Waals surface area contributed by atoms with Gasteiger partial charge in [0.2, 0.25) is 5.78 Å². The Morgan fingerprint density at radius 1 is 1.50 bits per heavy atom. The molecule has 0 fully saturated rings. The summed E-state index contributed by atoms with van der Waals surface area (Å²) < 4.78 is 11.4. The van der Waals surface area contributed by atoms with Gasteiger partial charge in [0.25, 0.3) is 0 Å². The van der Waals surface area contributed by atoms with E-state index in [1.165, 1.54) is 0 Å². The SMILES string of the molecule is CCOCC(=O)c1cc2cccc(Br)c2o1. The van der Waals surface area contributed by atoms with Gasteiger partial charge in [0, 0.05) is 12.0 Å². The van der Waals surface area contributed by atoms with Crippen molar-refractivity contribution in [3.05, 3.63) is 34.5 Å². The lowest BCUT2D eigenvalue weighted by Gasteiger charge is -1.96. The normalized spacial score (nSPS) is 10.9. The summed E-state index contributed by atoms with van der Waals surface area (Å²) in [5.41, 5.74) is 0.697. The van der Waals surface area contributed by atoms with Gasteiger partial charge >= 0.3 is 0 Å². The molecule has 1 heterocycles. The second-order valence-electron chi connectivity index (χ2n) is 3.33. The van der Waals surface area contributed by atoms with E-state index in [1.807, 2.05) is 25.1 Å². The molecule has 0 unspecified atom stereocenters. The number of rotatable bonds is 4. The molecule has 16 heavy (non-hydrogen) atoms. The average Bonchev–Trinajstić information content (AvgIpc) is 2.71. The van der Waals surface area contributed by atoms with Crippen LogP contribution in [0.25, 0.3) is 11.0 Å². The highest BCUT2D eigenvalue weighted by molar-refractivity contribution is 9.10. The first-order valence-corrected chi connectivity index (χ1v) is 5.80. The molecule has 0 radical (unpaired) electrons. The fourth-order valence-corrected chi connectivity index (χ4v) is 1.89. The molecule has 0 bridgehead atoms. The van der Waals surface area contributed by atoms with E-state index in [1.54, 1.807) is 6.07 Å². The van der Waals surface area contributed by atoms with Crippen LogP contribution >= 0.6 is 15.9 Å². The van der Waals surface area contributed by atoms with Crippen molar-refractivity contribution in [1.29, 1.82) is 0 Å². The standard InChI is InChI=1S/C12H11BrO3/c1-2-15-7-10(14)11-6-8-4-3-5-9(13)12(8)16-11/h3-6H,2,7H2,1H3. The number of para-hydroxylation sites is 1. The number of benzene rings is 1. The van der Waals surface area contributed by atoms with Crippen LogP contribution in [0.4, 0.5) is 0 Å². The third kappa shape index (κ3) is 2.18. The lowest BCUT2D eigenvalue weighted by molar-refractivity contribution is 0.0758. The fraction of sp³-hybridized carbons (Fsp3) is 0.250. The maximum absolute atomic E-state index is 11.7. The summed E-state index contributed by atoms with van der Waals surface area (Å²) in [6.07, 6.45) is 0. The van der Waals surface area contributed by atoms with Gasteiger partial charge in [-0.1, -0.05) is 12.1 Å². The van der Waals surface area contributed by atoms with E-state index in [4.69, 9.17) is 9.15 Å². The first-order valence-electron chi connectivity index (χ1n) is 5.01. The van der Waals surface area contributed by atoms with Crippen LogP contribution < -0.4 is 0 Å². The van der Waals surface area contributed by atoms with Gasteiger partial charge in [-0.05, 0) is 35.0 Å². The van der Waals surface area contributed by atoms with Crippen molar-refractivity contribution in [1.82, 2.24) is 0 Å². The van der Waals surface area contributed by atoms with E-state index in [0.29, 0.717) is 18.0 Å². The largest absolute Gasteiger partial charge is 0.452 e. The first kappa shape index (κ1) is 11.4. The zero-order valence-electron chi connectivity index (χ0n) is 8.83. The summed E-state index contributed by atoms with van der Waals surface area (Å²) in [6.45, 7) is 2.44. The second-order valence-corrected chi connectivity index (χ2v) is 4.18. The molecule has 2 aromatic rings. The van der Waals surface area contributed by atoms with Crippen molar-refractivity contribution >= 4 is 32.7 Å². The number of carbonyl (C=O) groups is 1. The van der Waals surface area contributed by atoms with E-state index in [9.17, 15) is 4.79 Å². The van der Waals surface area contributed by atoms with Crippen molar-refractivity contribution in [2.75, 3.05) is 13.2 Å². The highest BCUT2D eigenvalue weighted by atomic mass is 79.9. The predicted molar refractivity (Wildman–Crippen MR) is 64.7 cm³/mol. The van der Waals surface area contributed by atoms with E-state index in [0.717, 1.165) is 9.86 Å². The number of halogens is 1. The van der Waals surface area contributed by atoms with E-state index in [2.05, 4.69) is 15.9 Å². The highest BCUT2D eigenvalue weighted by Gasteiger charge is 2.13. The minimum atomic E-state index is -0.134. The lowest BCUT2D eigenvalue weighted by Crippen LogP contribution is -2.07. The summed E-state index contributed by atoms with van der Waals surface area (Å²) >= 11 is 3.38. The monoisotopic (exact) mass is 282 g/mol. The van der Waals surface area contributed by atoms with Crippen LogP contribution in [-0.2, 0) is 4.74 Å². The van der Waals surface area contributed by atoms with Gasteiger partial charge in [-0.2, -0.15) is 0 Å². The molecule has 1 aromatic heterocycles. The van der Waals surface area contributed by atoms with Gasteiger partial charge in [0.05, 0.1) is 4.47 Å². The van der Waals surface area contributed by atoms with Gasteiger partial charge in [-0.3, -0.25) is 4.79 Å². The predicted octanol–water partition coefficient (Wildman–Crippen LogP) is 3.41. The molecule has 0 aliphatic heterocycles. The van der Waals surface area contributed by atoms with E-state index in [-0.39, 0.29) is 12.4 Å². The van der Waals surface area contributed by atoms with Gasteiger partial charge in [0.15, 0.2) is 5.76 Å². The first-order chi connectivity index (χ1) is 7.72. The van der Waals surface area contributed by atoms with Crippen LogP contribution in [0.1, 0.15) is 17.5 Å². The number of Topliss-reactive ketones (excluding diaryl/α,β-unsaturated/α-hetero) is 1. The Bertz CT molecular complexity index is 516. The van der Waals surface area contributed by atoms with Crippen LogP contribution in [-0.4, -0.2) is 19.0 Å². The molecule has 0 atom stereocenters. The number of hydrogen-bond donors (Lipinski definition) is 0. The number of ether oxygens (including phenoxy) is 1. The molecule has 0 N–H and O–H groups in total. The van der Waals surface area contributed by atoms with Crippen molar-refractivity contribution in [3.63, 3.8) is 0 Å². The summed E-state index contributed by atoms with van der Waals surface area (Å²) in [6, 6.07) is 7.42. The maximum Gasteiger partial charge on any atom is 0.223 e. The van der Waals surface area contributed by atoms with Crippen LogP contribution in [0.3, 0.4) is 0 Å². The van der Waals surface area contributed by atoms with E-state index < -0.39 is 0 Å². The average molecular weight is 283 g/mol. The molecule has 0 spiro atoms. The van der Waals surface area contributed by atoms with Gasteiger partial charge < -0.3 is 9.15 Å². The molecule has 1 aromatic carbocycles. The molecule has 0 amide bonds. The van der Waals surface area contributed by atoms with E-state index >= 15 is 0 Å². The number of hydrogen-bond acceptors (Lipinski definition) is 3. The molecule has 4 heteroatoms. The van der Waals surface area contributed by atoms with Crippen molar-refractivity contribution < 1.29 is 13.9 Å². The third-order valence-electron chi connectivity index (χ3n) is 2.21. The number of ketones is 1. The topological polar surface area (TPSA) is 39.4 Å². The number of carbonyl (C=O) groups excluding carboxylic acids is 1. The molecule has 0 saturated heterocycles. The maximum atomic E-state index is 11.7. The molecular weight excluding hydrogens is 272 g/mol. The Labute approximate surface area is 102 Å². The van der Waals surface area contributed by atoms with Crippen LogP contribution in [0.5, 0.6) is 0 Å². The second kappa shape index (κ2) is 4.80. The zero-order chi connectivity index (χ0) is 11.5. The molecule has 84 valence electrons. The van der Waals surface area contributed by atoms with Gasteiger partial charge in [0.1, 0.15) is 12.2 Å². The lowest BCUT2D eigenvalue weighted by atomic mass is 10.2. The summed E-state index contributed by atoms with van der Waals surface area (Å²) in [7, 11) is 0.